The molecule has 0 radical (unpaired) electrons. The molecule has 0 amide bonds. The summed E-state index contributed by atoms with van der Waals surface area (Å²) in [5.41, 5.74) is 8.90. The van der Waals surface area contributed by atoms with Gasteiger partial charge in [-0.25, -0.2) is 9.50 Å². The predicted molar refractivity (Wildman–Crippen MR) is 157 cm³/mol. The zero-order chi connectivity index (χ0) is 26.8. The number of H-pyrrole nitrogens is 1. The molecule has 1 spiro atoms. The van der Waals surface area contributed by atoms with Crippen LogP contribution in [0.25, 0.3) is 27.1 Å². The molecule has 8 rings (SSSR count). The zero-order valence-electron chi connectivity index (χ0n) is 23.8. The first kappa shape index (κ1) is 24.3. The van der Waals surface area contributed by atoms with Crippen LogP contribution in [0.5, 0.6) is 0 Å². The van der Waals surface area contributed by atoms with E-state index in [9.17, 15) is 4.79 Å². The lowest BCUT2D eigenvalue weighted by atomic mass is 9.63. The van der Waals surface area contributed by atoms with Crippen molar-refractivity contribution < 1.29 is 4.79 Å². The van der Waals surface area contributed by atoms with Gasteiger partial charge in [-0.3, -0.25) is 9.69 Å². The average molecular weight is 542 g/mol. The van der Waals surface area contributed by atoms with E-state index in [1.165, 1.54) is 63.1 Å². The van der Waals surface area contributed by atoms with Crippen molar-refractivity contribution in [2.24, 2.45) is 11.3 Å². The number of piperidine rings is 1. The lowest BCUT2D eigenvalue weighted by molar-refractivity contribution is -0.135. The SMILES string of the molecule is Cc1c(-c2[nH]c3sc([C@@H]4CC5C[C@H]4CN5C4CC5(CCCC5=O)C4)c(C)c3c2C(C)C)cn2ncnc2c1C. The van der Waals surface area contributed by atoms with Crippen molar-refractivity contribution in [2.45, 2.75) is 103 Å². The number of likely N-dealkylation sites (tertiary alicyclic amines) is 1. The molecule has 3 aliphatic carbocycles. The highest BCUT2D eigenvalue weighted by atomic mass is 32.1. The summed E-state index contributed by atoms with van der Waals surface area (Å²) in [5, 5.41) is 5.91. The zero-order valence-corrected chi connectivity index (χ0v) is 24.6. The number of carbonyl (C=O) groups is 1. The standard InChI is InChI=1S/C32H39N5OS/c1-16(2)26-27-19(5)29(39-31(27)35-28(26)24-14-37-30(33-15-34-37)18(4)17(24)3)23-10-21-9-20(23)13-36(21)22-11-32(12-22)8-6-7-25(32)38/h14-16,20-23,35H,6-13H2,1-5H3/t20-,21?,22?,23+,32?/m0/s1. The summed E-state index contributed by atoms with van der Waals surface area (Å²) in [6.45, 7) is 12.6. The Balaban J connectivity index is 1.10. The van der Waals surface area contributed by atoms with Crippen LogP contribution in [-0.4, -0.2) is 48.9 Å². The van der Waals surface area contributed by atoms with E-state index in [-0.39, 0.29) is 5.41 Å². The molecule has 4 aromatic heterocycles. The highest BCUT2D eigenvalue weighted by Gasteiger charge is 2.57. The number of rotatable bonds is 4. The molecule has 5 heterocycles. The summed E-state index contributed by atoms with van der Waals surface area (Å²) < 4.78 is 1.92. The predicted octanol–water partition coefficient (Wildman–Crippen LogP) is 7.07. The number of aromatic amines is 1. The summed E-state index contributed by atoms with van der Waals surface area (Å²) in [4.78, 5) is 26.6. The highest BCUT2D eigenvalue weighted by molar-refractivity contribution is 7.19. The van der Waals surface area contributed by atoms with Crippen LogP contribution in [0.3, 0.4) is 0 Å². The normalized spacial score (nSPS) is 30.7. The molecular weight excluding hydrogens is 502 g/mol. The number of fused-ring (bicyclic) bond motifs is 4. The van der Waals surface area contributed by atoms with Gasteiger partial charge in [0, 0.05) is 52.5 Å². The Hall–Kier alpha value is -2.51. The van der Waals surface area contributed by atoms with Crippen LogP contribution in [0.4, 0.5) is 0 Å². The maximum absolute atomic E-state index is 12.5. The number of hydrogen-bond acceptors (Lipinski definition) is 5. The van der Waals surface area contributed by atoms with Gasteiger partial charge in [-0.1, -0.05) is 13.8 Å². The Bertz CT molecular complexity index is 1650. The number of pyridine rings is 1. The van der Waals surface area contributed by atoms with Crippen LogP contribution in [0.15, 0.2) is 12.5 Å². The van der Waals surface area contributed by atoms with Crippen molar-refractivity contribution in [3.8, 4) is 11.3 Å². The van der Waals surface area contributed by atoms with Gasteiger partial charge in [-0.15, -0.1) is 11.3 Å². The van der Waals surface area contributed by atoms with Gasteiger partial charge in [0.25, 0.3) is 0 Å². The van der Waals surface area contributed by atoms with E-state index >= 15 is 0 Å². The Kier molecular flexibility index (Phi) is 5.15. The number of aryl methyl sites for hydroxylation is 2. The third kappa shape index (κ3) is 3.26. The van der Waals surface area contributed by atoms with Gasteiger partial charge >= 0.3 is 0 Å². The molecule has 1 saturated heterocycles. The summed E-state index contributed by atoms with van der Waals surface area (Å²) in [6.07, 6.45) is 11.8. The molecule has 1 unspecified atom stereocenters. The van der Waals surface area contributed by atoms with Gasteiger partial charge < -0.3 is 4.98 Å². The number of carbonyl (C=O) groups excluding carboxylic acids is 1. The molecule has 6 nitrogen and oxygen atoms in total. The number of ketones is 1. The van der Waals surface area contributed by atoms with Crippen LogP contribution in [-0.2, 0) is 4.79 Å². The molecule has 39 heavy (non-hydrogen) atoms. The topological polar surface area (TPSA) is 66.3 Å². The van der Waals surface area contributed by atoms with Crippen LogP contribution in [0, 0.1) is 32.1 Å². The van der Waals surface area contributed by atoms with E-state index in [1.807, 2.05) is 15.9 Å². The first-order chi connectivity index (χ1) is 18.8. The quantitative estimate of drug-likeness (QED) is 0.300. The molecular formula is C32H39N5OS. The van der Waals surface area contributed by atoms with E-state index in [0.29, 0.717) is 29.7 Å². The lowest BCUT2D eigenvalue weighted by Gasteiger charge is -2.51. The summed E-state index contributed by atoms with van der Waals surface area (Å²) >= 11 is 2.01. The fraction of sp³-hybridized carbons (Fsp3) is 0.594. The molecule has 2 bridgehead atoms. The van der Waals surface area contributed by atoms with Gasteiger partial charge in [0.05, 0.1) is 5.69 Å². The summed E-state index contributed by atoms with van der Waals surface area (Å²) in [5.74, 6) is 2.42. The van der Waals surface area contributed by atoms with Crippen molar-refractivity contribution in [1.29, 1.82) is 0 Å². The van der Waals surface area contributed by atoms with Crippen molar-refractivity contribution in [1.82, 2.24) is 24.5 Å². The van der Waals surface area contributed by atoms with E-state index in [4.69, 9.17) is 0 Å². The summed E-state index contributed by atoms with van der Waals surface area (Å²) in [7, 11) is 0. The van der Waals surface area contributed by atoms with Crippen LogP contribution in [0.2, 0.25) is 0 Å². The highest BCUT2D eigenvalue weighted by Crippen LogP contribution is 2.58. The molecule has 3 saturated carbocycles. The van der Waals surface area contributed by atoms with Gasteiger partial charge in [-0.2, -0.15) is 5.10 Å². The Morgan fingerprint density at radius 3 is 2.62 bits per heavy atom. The number of hydrogen-bond donors (Lipinski definition) is 1. The van der Waals surface area contributed by atoms with Crippen LogP contribution in [0.1, 0.15) is 97.8 Å². The van der Waals surface area contributed by atoms with Gasteiger partial charge in [0.15, 0.2) is 5.65 Å². The monoisotopic (exact) mass is 541 g/mol. The first-order valence-electron chi connectivity index (χ1n) is 15.0. The Labute approximate surface area is 234 Å². The minimum Gasteiger partial charge on any atom is -0.346 e. The van der Waals surface area contributed by atoms with E-state index in [0.717, 1.165) is 43.7 Å². The van der Waals surface area contributed by atoms with Crippen molar-refractivity contribution in [3.63, 3.8) is 0 Å². The Morgan fingerprint density at radius 2 is 1.92 bits per heavy atom. The van der Waals surface area contributed by atoms with Crippen molar-refractivity contribution >= 4 is 33.0 Å². The van der Waals surface area contributed by atoms with E-state index in [2.05, 4.69) is 60.8 Å². The second-order valence-electron chi connectivity index (χ2n) is 13.5. The fourth-order valence-electron chi connectivity index (χ4n) is 9.10. The minimum absolute atomic E-state index is 0.0787. The van der Waals surface area contributed by atoms with Crippen LogP contribution >= 0.6 is 11.3 Å². The van der Waals surface area contributed by atoms with Gasteiger partial charge in [-0.05, 0) is 99.3 Å². The minimum atomic E-state index is 0.0787. The molecule has 4 aromatic rings. The number of nitrogens with one attached hydrogen (secondary N) is 1. The number of Topliss-reactive ketones (excluding diaryl/α,β-unsaturated/α-hetero) is 1. The number of thiophene rings is 1. The average Bonchev–Trinajstić information content (AvgIpc) is 3.70. The van der Waals surface area contributed by atoms with E-state index < -0.39 is 0 Å². The third-order valence-corrected chi connectivity index (χ3v) is 12.6. The second kappa shape index (κ2) is 8.26. The smallest absolute Gasteiger partial charge is 0.158 e. The van der Waals surface area contributed by atoms with Crippen molar-refractivity contribution in [2.75, 3.05) is 6.54 Å². The molecule has 4 aliphatic rings. The fourth-order valence-corrected chi connectivity index (χ4v) is 10.5. The van der Waals surface area contributed by atoms with Gasteiger partial charge in [0.2, 0.25) is 0 Å². The molecule has 0 aromatic carbocycles. The maximum Gasteiger partial charge on any atom is 0.158 e. The third-order valence-electron chi connectivity index (χ3n) is 11.2. The second-order valence-corrected chi connectivity index (χ2v) is 14.5. The molecule has 3 atom stereocenters. The van der Waals surface area contributed by atoms with Gasteiger partial charge in [0.1, 0.15) is 16.9 Å². The van der Waals surface area contributed by atoms with Crippen molar-refractivity contribution in [3.05, 3.63) is 39.7 Å². The van der Waals surface area contributed by atoms with Crippen LogP contribution < -0.4 is 0 Å². The summed E-state index contributed by atoms with van der Waals surface area (Å²) in [6, 6.07) is 1.37. The maximum atomic E-state index is 12.5. The molecule has 1 N–H and O–H groups in total. The molecule has 1 aliphatic heterocycles. The van der Waals surface area contributed by atoms with E-state index in [1.54, 1.807) is 11.2 Å². The largest absolute Gasteiger partial charge is 0.346 e. The number of aromatic nitrogens is 4. The Morgan fingerprint density at radius 1 is 1.10 bits per heavy atom. The molecule has 7 heteroatoms. The number of nitrogens with zero attached hydrogens (tertiary/aromatic N) is 4. The first-order valence-corrected chi connectivity index (χ1v) is 15.8. The molecule has 4 fully saturated rings. The lowest BCUT2D eigenvalue weighted by Crippen LogP contribution is -2.55. The molecule has 204 valence electrons.